The quantitative estimate of drug-likeness (QED) is 0.832. The molecule has 0 radical (unpaired) electrons. The van der Waals surface area contributed by atoms with Gasteiger partial charge in [-0.05, 0) is 48.0 Å². The van der Waals surface area contributed by atoms with E-state index >= 15 is 0 Å². The first kappa shape index (κ1) is 15.4. The Bertz CT molecular complexity index is 505. The number of anilines is 1. The number of nitrogens with one attached hydrogen (secondary N) is 2. The molecule has 1 aromatic rings. The van der Waals surface area contributed by atoms with Crippen LogP contribution >= 0.6 is 15.9 Å². The summed E-state index contributed by atoms with van der Waals surface area (Å²) in [5.74, 6) is 0.376. The van der Waals surface area contributed by atoms with Gasteiger partial charge in [-0.1, -0.05) is 6.92 Å². The summed E-state index contributed by atoms with van der Waals surface area (Å²) in [6.45, 7) is 6.58. The zero-order valence-corrected chi connectivity index (χ0v) is 13.1. The topological polar surface area (TPSA) is 71.1 Å². The molecule has 0 aliphatic rings. The van der Waals surface area contributed by atoms with Gasteiger partial charge in [-0.25, -0.2) is 13.4 Å². The molecule has 1 unspecified atom stereocenters. The predicted octanol–water partition coefficient (Wildman–Crippen LogP) is 1.89. The van der Waals surface area contributed by atoms with Gasteiger partial charge in [0.05, 0.1) is 5.25 Å². The molecule has 7 heteroatoms. The lowest BCUT2D eigenvalue weighted by Crippen LogP contribution is -2.35. The molecule has 1 atom stereocenters. The minimum absolute atomic E-state index is 0.376. The van der Waals surface area contributed by atoms with E-state index in [1.165, 1.54) is 0 Å². The summed E-state index contributed by atoms with van der Waals surface area (Å²) in [7, 11) is -3.41. The Morgan fingerprint density at radius 1 is 1.50 bits per heavy atom. The second-order valence-corrected chi connectivity index (χ2v) is 7.10. The summed E-state index contributed by atoms with van der Waals surface area (Å²) in [6.07, 6.45) is 1.57. The van der Waals surface area contributed by atoms with Crippen LogP contribution in [-0.2, 0) is 10.0 Å². The van der Waals surface area contributed by atoms with Crippen molar-refractivity contribution in [3.05, 3.63) is 22.3 Å². The first-order valence-electron chi connectivity index (χ1n) is 5.71. The fourth-order valence-electron chi connectivity index (χ4n) is 1.34. The lowest BCUT2D eigenvalue weighted by Gasteiger charge is -2.15. The second-order valence-electron chi connectivity index (χ2n) is 4.08. The van der Waals surface area contributed by atoms with E-state index in [-0.39, 0.29) is 0 Å². The van der Waals surface area contributed by atoms with Crippen molar-refractivity contribution in [2.24, 2.45) is 0 Å². The molecule has 1 aromatic heterocycles. The fraction of sp³-hybridized carbons (Fsp3) is 0.545. The molecule has 0 aliphatic heterocycles. The standard InChI is InChI=1S/C11H18BrN3O2S/c1-4-13-6-9(3)18(16,17)15-11-8(2)5-10(12)7-14-11/h5,7,9,13H,4,6H2,1-3H3,(H,14,15). The first-order valence-corrected chi connectivity index (χ1v) is 8.05. The van der Waals surface area contributed by atoms with Crippen molar-refractivity contribution in [2.45, 2.75) is 26.0 Å². The van der Waals surface area contributed by atoms with Crippen molar-refractivity contribution < 1.29 is 8.42 Å². The minimum atomic E-state index is -3.41. The third-order valence-electron chi connectivity index (χ3n) is 2.50. The highest BCUT2D eigenvalue weighted by molar-refractivity contribution is 9.10. The molecule has 0 fully saturated rings. The van der Waals surface area contributed by atoms with E-state index in [1.807, 2.05) is 19.9 Å². The summed E-state index contributed by atoms with van der Waals surface area (Å²) in [5, 5.41) is 2.50. The average Bonchev–Trinajstić information content (AvgIpc) is 2.29. The minimum Gasteiger partial charge on any atom is -0.316 e. The average molecular weight is 336 g/mol. The molecule has 0 saturated heterocycles. The summed E-state index contributed by atoms with van der Waals surface area (Å²) in [6, 6.07) is 1.82. The van der Waals surface area contributed by atoms with Crippen molar-refractivity contribution in [1.29, 1.82) is 0 Å². The lowest BCUT2D eigenvalue weighted by molar-refractivity contribution is 0.579. The van der Waals surface area contributed by atoms with Crippen LogP contribution in [-0.4, -0.2) is 31.7 Å². The van der Waals surface area contributed by atoms with Crippen LogP contribution in [0.5, 0.6) is 0 Å². The van der Waals surface area contributed by atoms with Crippen LogP contribution in [0.1, 0.15) is 19.4 Å². The molecule has 2 N–H and O–H groups in total. The van der Waals surface area contributed by atoms with Crippen molar-refractivity contribution in [1.82, 2.24) is 10.3 Å². The van der Waals surface area contributed by atoms with Crippen LogP contribution in [0.15, 0.2) is 16.7 Å². The number of aromatic nitrogens is 1. The lowest BCUT2D eigenvalue weighted by atomic mass is 10.3. The maximum absolute atomic E-state index is 12.0. The molecule has 0 aliphatic carbocycles. The van der Waals surface area contributed by atoms with E-state index in [2.05, 4.69) is 31.0 Å². The Morgan fingerprint density at radius 2 is 2.17 bits per heavy atom. The summed E-state index contributed by atoms with van der Waals surface area (Å²) in [4.78, 5) is 4.07. The van der Waals surface area contributed by atoms with Crippen LogP contribution in [0.2, 0.25) is 0 Å². The van der Waals surface area contributed by atoms with E-state index in [1.54, 1.807) is 13.1 Å². The van der Waals surface area contributed by atoms with Crippen LogP contribution in [0.4, 0.5) is 5.82 Å². The van der Waals surface area contributed by atoms with Gasteiger partial charge in [-0.15, -0.1) is 0 Å². The summed E-state index contributed by atoms with van der Waals surface area (Å²) >= 11 is 3.29. The Kier molecular flexibility index (Phi) is 5.55. The maximum Gasteiger partial charge on any atom is 0.237 e. The van der Waals surface area contributed by atoms with Crippen LogP contribution in [0, 0.1) is 6.92 Å². The maximum atomic E-state index is 12.0. The van der Waals surface area contributed by atoms with Gasteiger partial charge in [-0.3, -0.25) is 4.72 Å². The Hall–Kier alpha value is -0.660. The fourth-order valence-corrected chi connectivity index (χ4v) is 2.81. The van der Waals surface area contributed by atoms with E-state index in [0.717, 1.165) is 16.6 Å². The molecule has 0 spiro atoms. The normalized spacial score (nSPS) is 13.3. The number of sulfonamides is 1. The van der Waals surface area contributed by atoms with E-state index < -0.39 is 15.3 Å². The van der Waals surface area contributed by atoms with E-state index in [9.17, 15) is 8.42 Å². The molecular formula is C11H18BrN3O2S. The number of hydrogen-bond donors (Lipinski definition) is 2. The molecule has 0 bridgehead atoms. The Morgan fingerprint density at radius 3 is 2.72 bits per heavy atom. The van der Waals surface area contributed by atoms with Gasteiger partial charge in [0, 0.05) is 17.2 Å². The van der Waals surface area contributed by atoms with Gasteiger partial charge in [0.15, 0.2) is 0 Å². The number of nitrogens with zero attached hydrogens (tertiary/aromatic N) is 1. The molecular weight excluding hydrogens is 318 g/mol. The number of rotatable bonds is 6. The Balaban J connectivity index is 2.82. The van der Waals surface area contributed by atoms with Gasteiger partial charge in [0.1, 0.15) is 5.82 Å². The highest BCUT2D eigenvalue weighted by Gasteiger charge is 2.21. The largest absolute Gasteiger partial charge is 0.316 e. The summed E-state index contributed by atoms with van der Waals surface area (Å²) < 4.78 is 27.4. The predicted molar refractivity (Wildman–Crippen MR) is 77.2 cm³/mol. The monoisotopic (exact) mass is 335 g/mol. The van der Waals surface area contributed by atoms with Gasteiger partial charge >= 0.3 is 0 Å². The Labute approximate surface area is 117 Å². The van der Waals surface area contributed by atoms with Gasteiger partial charge < -0.3 is 5.32 Å². The van der Waals surface area contributed by atoms with E-state index in [0.29, 0.717) is 12.4 Å². The van der Waals surface area contributed by atoms with Crippen molar-refractivity contribution in [2.75, 3.05) is 17.8 Å². The number of pyridine rings is 1. The second kappa shape index (κ2) is 6.49. The zero-order chi connectivity index (χ0) is 13.8. The number of aryl methyl sites for hydroxylation is 1. The van der Waals surface area contributed by atoms with Crippen molar-refractivity contribution >= 4 is 31.8 Å². The highest BCUT2D eigenvalue weighted by Crippen LogP contribution is 2.18. The molecule has 0 saturated carbocycles. The smallest absolute Gasteiger partial charge is 0.237 e. The molecule has 102 valence electrons. The molecule has 0 aromatic carbocycles. The van der Waals surface area contributed by atoms with Crippen molar-refractivity contribution in [3.63, 3.8) is 0 Å². The van der Waals surface area contributed by atoms with Crippen LogP contribution in [0.25, 0.3) is 0 Å². The SMILES string of the molecule is CCNCC(C)S(=O)(=O)Nc1ncc(Br)cc1C. The van der Waals surface area contributed by atoms with Crippen LogP contribution < -0.4 is 10.0 Å². The zero-order valence-electron chi connectivity index (χ0n) is 10.7. The molecule has 18 heavy (non-hydrogen) atoms. The van der Waals surface area contributed by atoms with Gasteiger partial charge in [0.2, 0.25) is 10.0 Å². The highest BCUT2D eigenvalue weighted by atomic mass is 79.9. The first-order chi connectivity index (χ1) is 8.36. The molecule has 0 amide bonds. The van der Waals surface area contributed by atoms with Crippen LogP contribution in [0.3, 0.4) is 0 Å². The number of hydrogen-bond acceptors (Lipinski definition) is 4. The van der Waals surface area contributed by atoms with E-state index in [4.69, 9.17) is 0 Å². The molecule has 1 heterocycles. The third kappa shape index (κ3) is 4.22. The molecule has 1 rings (SSSR count). The van der Waals surface area contributed by atoms with Gasteiger partial charge in [-0.2, -0.15) is 0 Å². The van der Waals surface area contributed by atoms with Crippen molar-refractivity contribution in [3.8, 4) is 0 Å². The number of halogens is 1. The summed E-state index contributed by atoms with van der Waals surface area (Å²) in [5.41, 5.74) is 0.781. The third-order valence-corrected chi connectivity index (χ3v) is 4.63. The molecule has 5 nitrogen and oxygen atoms in total. The van der Waals surface area contributed by atoms with Gasteiger partial charge in [0.25, 0.3) is 0 Å².